The van der Waals surface area contributed by atoms with Crippen molar-refractivity contribution in [3.05, 3.63) is 48.2 Å². The zero-order valence-corrected chi connectivity index (χ0v) is 11.4. The number of carboxylic acid groups (broad SMARTS) is 1. The number of aliphatic carboxylic acids is 1. The molecular formula is C15H13N3O3. The fourth-order valence-electron chi connectivity index (χ4n) is 2.20. The Morgan fingerprint density at radius 3 is 2.67 bits per heavy atom. The number of carbonyl (C=O) groups is 1. The maximum Gasteiger partial charge on any atom is 0.309 e. The smallest absolute Gasteiger partial charge is 0.309 e. The van der Waals surface area contributed by atoms with Gasteiger partial charge in [0.05, 0.1) is 24.9 Å². The minimum Gasteiger partial charge on any atom is -0.481 e. The molecule has 106 valence electrons. The van der Waals surface area contributed by atoms with Gasteiger partial charge in [-0.2, -0.15) is 0 Å². The second kappa shape index (κ2) is 5.24. The highest BCUT2D eigenvalue weighted by atomic mass is 16.5. The molecule has 1 aromatic carbocycles. The highest BCUT2D eigenvalue weighted by Crippen LogP contribution is 2.25. The first-order valence-electron chi connectivity index (χ1n) is 6.39. The monoisotopic (exact) mass is 283 g/mol. The van der Waals surface area contributed by atoms with Crippen molar-refractivity contribution in [2.75, 3.05) is 7.11 Å². The van der Waals surface area contributed by atoms with Crippen molar-refractivity contribution >= 4 is 11.6 Å². The van der Waals surface area contributed by atoms with Crippen LogP contribution in [0.25, 0.3) is 16.9 Å². The molecule has 0 radical (unpaired) electrons. The number of methoxy groups -OCH3 is 1. The topological polar surface area (TPSA) is 76.7 Å². The van der Waals surface area contributed by atoms with Gasteiger partial charge in [-0.25, -0.2) is 9.50 Å². The molecule has 0 fully saturated rings. The fourth-order valence-corrected chi connectivity index (χ4v) is 2.20. The van der Waals surface area contributed by atoms with Gasteiger partial charge in [0, 0.05) is 11.6 Å². The van der Waals surface area contributed by atoms with Gasteiger partial charge in [0.15, 0.2) is 5.65 Å². The Morgan fingerprint density at radius 1 is 1.24 bits per heavy atom. The summed E-state index contributed by atoms with van der Waals surface area (Å²) in [4.78, 5) is 15.6. The number of fused-ring (bicyclic) bond motifs is 1. The van der Waals surface area contributed by atoms with Crippen LogP contribution in [0.5, 0.6) is 5.88 Å². The highest BCUT2D eigenvalue weighted by Gasteiger charge is 2.18. The summed E-state index contributed by atoms with van der Waals surface area (Å²) in [5.41, 5.74) is 2.60. The van der Waals surface area contributed by atoms with Gasteiger partial charge in [-0.1, -0.05) is 30.3 Å². The molecule has 2 heterocycles. The molecule has 0 aliphatic heterocycles. The van der Waals surface area contributed by atoms with Crippen molar-refractivity contribution in [3.63, 3.8) is 0 Å². The van der Waals surface area contributed by atoms with E-state index in [0.29, 0.717) is 22.9 Å². The largest absolute Gasteiger partial charge is 0.481 e. The third kappa shape index (κ3) is 2.43. The van der Waals surface area contributed by atoms with Crippen LogP contribution >= 0.6 is 0 Å². The number of hydrogen-bond acceptors (Lipinski definition) is 4. The third-order valence-corrected chi connectivity index (χ3v) is 3.12. The van der Waals surface area contributed by atoms with E-state index in [9.17, 15) is 4.79 Å². The van der Waals surface area contributed by atoms with E-state index in [-0.39, 0.29) is 6.42 Å². The van der Waals surface area contributed by atoms with Gasteiger partial charge in [-0.05, 0) is 6.07 Å². The summed E-state index contributed by atoms with van der Waals surface area (Å²) in [5.74, 6) is -0.523. The van der Waals surface area contributed by atoms with E-state index in [2.05, 4.69) is 10.1 Å². The molecule has 0 aliphatic carbocycles. The Morgan fingerprint density at radius 2 is 2.00 bits per heavy atom. The number of aromatic nitrogens is 3. The van der Waals surface area contributed by atoms with Crippen LogP contribution in [0.15, 0.2) is 42.5 Å². The minimum absolute atomic E-state index is 0.161. The average Bonchev–Trinajstić information content (AvgIpc) is 2.85. The standard InChI is InChI=1S/C15H13N3O3/c1-21-13-8-7-12-16-15(10-5-3-2-4-6-10)11(9-14(19)20)18(12)17-13/h2-8H,9H2,1H3,(H,19,20). The Balaban J connectivity index is 2.25. The first-order valence-corrected chi connectivity index (χ1v) is 6.39. The molecule has 0 saturated heterocycles. The second-order valence-corrected chi connectivity index (χ2v) is 4.49. The van der Waals surface area contributed by atoms with Crippen LogP contribution in [0, 0.1) is 0 Å². The maximum absolute atomic E-state index is 11.1. The lowest BCUT2D eigenvalue weighted by molar-refractivity contribution is -0.136. The molecule has 21 heavy (non-hydrogen) atoms. The van der Waals surface area contributed by atoms with Crippen LogP contribution in [-0.4, -0.2) is 32.8 Å². The molecule has 0 unspecified atom stereocenters. The van der Waals surface area contributed by atoms with E-state index >= 15 is 0 Å². The van der Waals surface area contributed by atoms with E-state index in [4.69, 9.17) is 9.84 Å². The second-order valence-electron chi connectivity index (χ2n) is 4.49. The number of rotatable bonds is 4. The fraction of sp³-hybridized carbons (Fsp3) is 0.133. The summed E-state index contributed by atoms with van der Waals surface area (Å²) in [5, 5.41) is 13.4. The van der Waals surface area contributed by atoms with Crippen LogP contribution in [0.2, 0.25) is 0 Å². The molecule has 0 atom stereocenters. The summed E-state index contributed by atoms with van der Waals surface area (Å²) >= 11 is 0. The molecule has 0 bridgehead atoms. The maximum atomic E-state index is 11.1. The van der Waals surface area contributed by atoms with Gasteiger partial charge >= 0.3 is 5.97 Å². The summed E-state index contributed by atoms with van der Waals surface area (Å²) in [6.07, 6.45) is -0.161. The van der Waals surface area contributed by atoms with Crippen molar-refractivity contribution in [2.24, 2.45) is 0 Å². The van der Waals surface area contributed by atoms with Crippen molar-refractivity contribution in [1.82, 2.24) is 14.6 Å². The molecule has 1 N–H and O–H groups in total. The lowest BCUT2D eigenvalue weighted by Crippen LogP contribution is -2.07. The zero-order chi connectivity index (χ0) is 14.8. The molecular weight excluding hydrogens is 270 g/mol. The number of imidazole rings is 1. The molecule has 2 aromatic heterocycles. The van der Waals surface area contributed by atoms with Gasteiger partial charge in [0.1, 0.15) is 0 Å². The molecule has 0 saturated carbocycles. The molecule has 6 nitrogen and oxygen atoms in total. The lowest BCUT2D eigenvalue weighted by Gasteiger charge is -2.03. The van der Waals surface area contributed by atoms with Gasteiger partial charge in [-0.3, -0.25) is 4.79 Å². The van der Waals surface area contributed by atoms with Gasteiger partial charge in [0.25, 0.3) is 0 Å². The molecule has 0 spiro atoms. The molecule has 0 amide bonds. The first kappa shape index (κ1) is 13.1. The quantitative estimate of drug-likeness (QED) is 0.792. The summed E-state index contributed by atoms with van der Waals surface area (Å²) in [6, 6.07) is 12.9. The Hall–Kier alpha value is -2.89. The Bertz CT molecular complexity index is 797. The van der Waals surface area contributed by atoms with Crippen molar-refractivity contribution < 1.29 is 14.6 Å². The van der Waals surface area contributed by atoms with E-state index in [1.807, 2.05) is 30.3 Å². The number of ether oxygens (including phenoxy) is 1. The predicted molar refractivity (Wildman–Crippen MR) is 76.3 cm³/mol. The van der Waals surface area contributed by atoms with Gasteiger partial charge < -0.3 is 9.84 Å². The normalized spacial score (nSPS) is 10.7. The van der Waals surface area contributed by atoms with Crippen LogP contribution < -0.4 is 4.74 Å². The first-order chi connectivity index (χ1) is 10.2. The average molecular weight is 283 g/mol. The van der Waals surface area contributed by atoms with Crippen molar-refractivity contribution in [3.8, 4) is 17.1 Å². The number of carboxylic acids is 1. The lowest BCUT2D eigenvalue weighted by atomic mass is 10.1. The minimum atomic E-state index is -0.932. The van der Waals surface area contributed by atoms with Crippen molar-refractivity contribution in [1.29, 1.82) is 0 Å². The number of benzene rings is 1. The van der Waals surface area contributed by atoms with Crippen LogP contribution in [0.3, 0.4) is 0 Å². The number of nitrogens with zero attached hydrogens (tertiary/aromatic N) is 3. The zero-order valence-electron chi connectivity index (χ0n) is 11.4. The Kier molecular flexibility index (Phi) is 3.27. The van der Waals surface area contributed by atoms with Crippen molar-refractivity contribution in [2.45, 2.75) is 6.42 Å². The van der Waals surface area contributed by atoms with E-state index in [1.165, 1.54) is 11.6 Å². The highest BCUT2D eigenvalue weighted by molar-refractivity contribution is 5.75. The third-order valence-electron chi connectivity index (χ3n) is 3.12. The molecule has 3 rings (SSSR count). The van der Waals surface area contributed by atoms with Crippen LogP contribution in [-0.2, 0) is 11.2 Å². The SMILES string of the molecule is COc1ccc2nc(-c3ccccc3)c(CC(=O)O)n2n1. The summed E-state index contributed by atoms with van der Waals surface area (Å²) in [7, 11) is 1.51. The van der Waals surface area contributed by atoms with E-state index in [0.717, 1.165) is 5.56 Å². The number of hydrogen-bond donors (Lipinski definition) is 1. The molecule has 6 heteroatoms. The molecule has 3 aromatic rings. The molecule has 0 aliphatic rings. The van der Waals surface area contributed by atoms with E-state index < -0.39 is 5.97 Å². The van der Waals surface area contributed by atoms with Gasteiger partial charge in [0.2, 0.25) is 5.88 Å². The van der Waals surface area contributed by atoms with E-state index in [1.54, 1.807) is 12.1 Å². The summed E-state index contributed by atoms with van der Waals surface area (Å²) < 4.78 is 6.61. The predicted octanol–water partition coefficient (Wildman–Crippen LogP) is 2.03. The van der Waals surface area contributed by atoms with Crippen LogP contribution in [0.4, 0.5) is 0 Å². The van der Waals surface area contributed by atoms with Gasteiger partial charge in [-0.15, -0.1) is 5.10 Å². The van der Waals surface area contributed by atoms with Crippen LogP contribution in [0.1, 0.15) is 5.69 Å². The Labute approximate surface area is 120 Å². The summed E-state index contributed by atoms with van der Waals surface area (Å²) in [6.45, 7) is 0.